The van der Waals surface area contributed by atoms with Crippen molar-refractivity contribution in [1.29, 1.82) is 0 Å². The van der Waals surface area contributed by atoms with Crippen molar-refractivity contribution in [2.45, 2.75) is 38.3 Å². The maximum atomic E-state index is 12.4. The Morgan fingerprint density at radius 1 is 1.47 bits per heavy atom. The van der Waals surface area contributed by atoms with E-state index in [1.165, 1.54) is 0 Å². The molecule has 2 N–H and O–H groups in total. The molecule has 4 nitrogen and oxygen atoms in total. The molecule has 1 fully saturated rings. The van der Waals surface area contributed by atoms with Crippen molar-refractivity contribution in [2.75, 3.05) is 6.54 Å². The summed E-state index contributed by atoms with van der Waals surface area (Å²) >= 11 is 0. The van der Waals surface area contributed by atoms with E-state index in [2.05, 4.69) is 18.8 Å². The molecule has 0 bridgehead atoms. The topological polar surface area (TPSA) is 59.2 Å². The Hall–Kier alpha value is -1.42. The Bertz CT molecular complexity index is 402. The number of nitrogens with zero attached hydrogens (tertiary/aromatic N) is 2. The predicted molar refractivity (Wildman–Crippen MR) is 66.6 cm³/mol. The van der Waals surface area contributed by atoms with Gasteiger partial charge in [-0.25, -0.2) is 0 Å². The summed E-state index contributed by atoms with van der Waals surface area (Å²) < 4.78 is 0. The average Bonchev–Trinajstić information content (AvgIpc) is 2.28. The third-order valence-corrected chi connectivity index (χ3v) is 3.39. The van der Waals surface area contributed by atoms with E-state index < -0.39 is 0 Å². The highest BCUT2D eigenvalue weighted by Crippen LogP contribution is 2.28. The molecule has 17 heavy (non-hydrogen) atoms. The minimum atomic E-state index is -0.169. The summed E-state index contributed by atoms with van der Waals surface area (Å²) in [4.78, 5) is 18.2. The van der Waals surface area contributed by atoms with Gasteiger partial charge in [-0.3, -0.25) is 9.78 Å². The standard InChI is InChI=1S/C13H19N3O/c1-13(2)9-11(14)5-8-16(13)12(17)10-3-6-15-7-4-10/h3-4,6-7,11H,5,8-9,14H2,1-2H3. The fourth-order valence-corrected chi connectivity index (χ4v) is 2.48. The molecule has 1 aromatic heterocycles. The Morgan fingerprint density at radius 3 is 2.71 bits per heavy atom. The lowest BCUT2D eigenvalue weighted by atomic mass is 9.87. The van der Waals surface area contributed by atoms with Gasteiger partial charge in [0.15, 0.2) is 0 Å². The zero-order valence-corrected chi connectivity index (χ0v) is 10.4. The second kappa shape index (κ2) is 4.45. The molecule has 1 aromatic rings. The maximum Gasteiger partial charge on any atom is 0.254 e. The minimum absolute atomic E-state index is 0.0734. The van der Waals surface area contributed by atoms with Gasteiger partial charge in [0.05, 0.1) is 0 Å². The number of hydrogen-bond acceptors (Lipinski definition) is 3. The molecule has 1 aliphatic heterocycles. The third-order valence-electron chi connectivity index (χ3n) is 3.39. The molecule has 2 rings (SSSR count). The lowest BCUT2D eigenvalue weighted by Gasteiger charge is -2.44. The van der Waals surface area contributed by atoms with Crippen molar-refractivity contribution < 1.29 is 4.79 Å². The molecule has 1 saturated heterocycles. The molecule has 0 saturated carbocycles. The van der Waals surface area contributed by atoms with E-state index >= 15 is 0 Å². The summed E-state index contributed by atoms with van der Waals surface area (Å²) in [6.45, 7) is 4.88. The third kappa shape index (κ3) is 2.47. The molecule has 0 spiro atoms. The number of carbonyl (C=O) groups is 1. The first-order valence-electron chi connectivity index (χ1n) is 5.98. The van der Waals surface area contributed by atoms with E-state index in [1.807, 2.05) is 4.90 Å². The highest BCUT2D eigenvalue weighted by Gasteiger charge is 2.36. The van der Waals surface area contributed by atoms with Gasteiger partial charge in [0, 0.05) is 36.1 Å². The molecular weight excluding hydrogens is 214 g/mol. The summed E-state index contributed by atoms with van der Waals surface area (Å²) in [5, 5.41) is 0. The van der Waals surface area contributed by atoms with Crippen molar-refractivity contribution in [2.24, 2.45) is 5.73 Å². The lowest BCUT2D eigenvalue weighted by Crippen LogP contribution is -2.55. The number of amides is 1. The van der Waals surface area contributed by atoms with Crippen LogP contribution in [0.25, 0.3) is 0 Å². The highest BCUT2D eigenvalue weighted by molar-refractivity contribution is 5.94. The Labute approximate surface area is 102 Å². The number of likely N-dealkylation sites (tertiary alicyclic amines) is 1. The largest absolute Gasteiger partial charge is 0.333 e. The Balaban J connectivity index is 2.20. The van der Waals surface area contributed by atoms with Gasteiger partial charge in [-0.05, 0) is 38.8 Å². The average molecular weight is 233 g/mol. The molecule has 2 heterocycles. The zero-order chi connectivity index (χ0) is 12.5. The molecule has 1 unspecified atom stereocenters. The van der Waals surface area contributed by atoms with Gasteiger partial charge >= 0.3 is 0 Å². The van der Waals surface area contributed by atoms with Crippen molar-refractivity contribution >= 4 is 5.91 Å². The van der Waals surface area contributed by atoms with Crippen LogP contribution in [0.4, 0.5) is 0 Å². The summed E-state index contributed by atoms with van der Waals surface area (Å²) in [6, 6.07) is 3.71. The zero-order valence-electron chi connectivity index (χ0n) is 10.4. The van der Waals surface area contributed by atoms with Crippen molar-refractivity contribution in [3.63, 3.8) is 0 Å². The van der Waals surface area contributed by atoms with Gasteiger partial charge in [0.1, 0.15) is 0 Å². The van der Waals surface area contributed by atoms with Crippen LogP contribution in [0, 0.1) is 0 Å². The first-order valence-corrected chi connectivity index (χ1v) is 5.98. The molecule has 0 aliphatic carbocycles. The second-order valence-electron chi connectivity index (χ2n) is 5.26. The number of carbonyl (C=O) groups excluding carboxylic acids is 1. The normalized spacial score (nSPS) is 23.5. The number of nitrogens with two attached hydrogens (primary N) is 1. The Morgan fingerprint density at radius 2 is 2.12 bits per heavy atom. The van der Waals surface area contributed by atoms with Crippen LogP contribution in [0.3, 0.4) is 0 Å². The summed E-state index contributed by atoms with van der Waals surface area (Å²) in [5.41, 5.74) is 6.49. The molecular formula is C13H19N3O. The van der Waals surface area contributed by atoms with Crippen molar-refractivity contribution in [3.8, 4) is 0 Å². The van der Waals surface area contributed by atoms with Crippen LogP contribution < -0.4 is 5.73 Å². The van der Waals surface area contributed by atoms with Crippen LogP contribution in [0.1, 0.15) is 37.0 Å². The van der Waals surface area contributed by atoms with Crippen LogP contribution in [-0.4, -0.2) is 33.9 Å². The van der Waals surface area contributed by atoms with Crippen molar-refractivity contribution in [1.82, 2.24) is 9.88 Å². The number of aromatic nitrogens is 1. The van der Waals surface area contributed by atoms with Crippen LogP contribution in [0.2, 0.25) is 0 Å². The molecule has 92 valence electrons. The van der Waals surface area contributed by atoms with Gasteiger partial charge in [0.2, 0.25) is 0 Å². The van der Waals surface area contributed by atoms with Gasteiger partial charge < -0.3 is 10.6 Å². The predicted octanol–water partition coefficient (Wildman–Crippen LogP) is 1.42. The molecule has 1 aliphatic rings. The monoisotopic (exact) mass is 233 g/mol. The quantitative estimate of drug-likeness (QED) is 0.798. The number of rotatable bonds is 1. The van der Waals surface area contributed by atoms with Gasteiger partial charge in [-0.2, -0.15) is 0 Å². The maximum absolute atomic E-state index is 12.4. The first-order chi connectivity index (χ1) is 8.00. The highest BCUT2D eigenvalue weighted by atomic mass is 16.2. The van der Waals surface area contributed by atoms with Crippen LogP contribution in [-0.2, 0) is 0 Å². The van der Waals surface area contributed by atoms with Crippen LogP contribution in [0.15, 0.2) is 24.5 Å². The molecule has 1 atom stereocenters. The van der Waals surface area contributed by atoms with Crippen molar-refractivity contribution in [3.05, 3.63) is 30.1 Å². The second-order valence-corrected chi connectivity index (χ2v) is 5.26. The van der Waals surface area contributed by atoms with Gasteiger partial charge in [-0.1, -0.05) is 0 Å². The lowest BCUT2D eigenvalue weighted by molar-refractivity contribution is 0.0400. The fourth-order valence-electron chi connectivity index (χ4n) is 2.48. The van der Waals surface area contributed by atoms with Crippen LogP contribution >= 0.6 is 0 Å². The summed E-state index contributed by atoms with van der Waals surface area (Å²) in [5.74, 6) is 0.0734. The molecule has 1 amide bonds. The number of pyridine rings is 1. The molecule has 0 radical (unpaired) electrons. The summed E-state index contributed by atoms with van der Waals surface area (Å²) in [6.07, 6.45) is 5.02. The molecule has 0 aromatic carbocycles. The minimum Gasteiger partial charge on any atom is -0.333 e. The van der Waals surface area contributed by atoms with E-state index in [4.69, 9.17) is 5.73 Å². The van der Waals surface area contributed by atoms with E-state index in [-0.39, 0.29) is 17.5 Å². The number of hydrogen-bond donors (Lipinski definition) is 1. The summed E-state index contributed by atoms with van der Waals surface area (Å²) in [7, 11) is 0. The SMILES string of the molecule is CC1(C)CC(N)CCN1C(=O)c1ccncc1. The molecule has 4 heteroatoms. The van der Waals surface area contributed by atoms with Crippen LogP contribution in [0.5, 0.6) is 0 Å². The van der Waals surface area contributed by atoms with E-state index in [0.29, 0.717) is 5.56 Å². The van der Waals surface area contributed by atoms with Gasteiger partial charge in [0.25, 0.3) is 5.91 Å². The fraction of sp³-hybridized carbons (Fsp3) is 0.538. The first kappa shape index (κ1) is 12.0. The number of piperidine rings is 1. The van der Waals surface area contributed by atoms with E-state index in [1.54, 1.807) is 24.5 Å². The Kier molecular flexibility index (Phi) is 3.15. The van der Waals surface area contributed by atoms with E-state index in [0.717, 1.165) is 19.4 Å². The van der Waals surface area contributed by atoms with Gasteiger partial charge in [-0.15, -0.1) is 0 Å². The van der Waals surface area contributed by atoms with E-state index in [9.17, 15) is 4.79 Å². The smallest absolute Gasteiger partial charge is 0.254 e.